The van der Waals surface area contributed by atoms with Gasteiger partial charge in [-0.3, -0.25) is 32.4 Å². The Balaban J connectivity index is 1.21. The number of halogens is 1. The summed E-state index contributed by atoms with van der Waals surface area (Å²) in [5.41, 5.74) is 11.1. The van der Waals surface area contributed by atoms with Crippen LogP contribution in [0, 0.1) is 12.8 Å². The van der Waals surface area contributed by atoms with Crippen molar-refractivity contribution in [2.75, 3.05) is 24.7 Å². The lowest BCUT2D eigenvalue weighted by Crippen LogP contribution is -2.34. The van der Waals surface area contributed by atoms with Crippen LogP contribution in [0.4, 0.5) is 16.2 Å². The minimum absolute atomic E-state index is 0.0175. The molecule has 10 atom stereocenters. The van der Waals surface area contributed by atoms with Gasteiger partial charge in [-0.2, -0.15) is 4.98 Å². The molecule has 4 aromatic heterocycles. The molecular weight excluding hydrogens is 661 g/mol. The number of hydrogen-bond acceptors (Lipinski definition) is 16. The first kappa shape index (κ1) is 31.2. The number of nitrogens with zero attached hydrogens (tertiary/aromatic N) is 7. The fourth-order valence-electron chi connectivity index (χ4n) is 5.98. The van der Waals surface area contributed by atoms with Gasteiger partial charge in [0.05, 0.1) is 38.0 Å². The minimum atomic E-state index is -5.08. The number of nitrogen functional groups attached to an aromatic ring is 2. The first-order valence-electron chi connectivity index (χ1n) is 13.7. The molecule has 0 radical (unpaired) electrons. The van der Waals surface area contributed by atoms with Crippen molar-refractivity contribution in [3.63, 3.8) is 0 Å². The van der Waals surface area contributed by atoms with E-state index in [4.69, 9.17) is 34.3 Å². The van der Waals surface area contributed by atoms with Crippen LogP contribution in [0.3, 0.4) is 0 Å². The Morgan fingerprint density at radius 3 is 2.39 bits per heavy atom. The average molecular weight is 688 g/mol. The van der Waals surface area contributed by atoms with Crippen molar-refractivity contribution >= 4 is 49.7 Å². The smallest absolute Gasteiger partial charge is 0.390 e. The van der Waals surface area contributed by atoms with Crippen LogP contribution < -0.4 is 17.0 Å². The molecule has 46 heavy (non-hydrogen) atoms. The Bertz CT molecular complexity index is 1990. The largest absolute Gasteiger partial charge is 0.472 e. The van der Waals surface area contributed by atoms with Gasteiger partial charge in [-0.05, 0) is 13.3 Å². The molecule has 21 nitrogen and oxygen atoms in total. The number of ether oxygens (including phenoxy) is 1. The van der Waals surface area contributed by atoms with Crippen molar-refractivity contribution in [2.45, 2.75) is 56.2 Å². The van der Waals surface area contributed by atoms with Crippen LogP contribution in [0.2, 0.25) is 0 Å². The molecule has 7 rings (SSSR count). The first-order valence-corrected chi connectivity index (χ1v) is 16.7. The molecule has 0 spiro atoms. The van der Waals surface area contributed by atoms with Crippen LogP contribution in [0.5, 0.6) is 0 Å². The third-order valence-electron chi connectivity index (χ3n) is 8.02. The number of nitrogens with one attached hydrogen (secondary N) is 1. The van der Waals surface area contributed by atoms with Gasteiger partial charge in [0.15, 0.2) is 35.0 Å². The van der Waals surface area contributed by atoms with E-state index in [1.54, 1.807) is 6.92 Å². The maximum atomic E-state index is 16.0. The van der Waals surface area contributed by atoms with Gasteiger partial charge in [0.25, 0.3) is 5.56 Å². The summed E-state index contributed by atoms with van der Waals surface area (Å²) in [7, 11) is -10.2. The van der Waals surface area contributed by atoms with Crippen molar-refractivity contribution in [3.8, 4) is 0 Å². The average Bonchev–Trinajstić information content (AvgIpc) is 3.72. The van der Waals surface area contributed by atoms with E-state index in [2.05, 4.69) is 29.9 Å². The molecule has 2 aliphatic heterocycles. The molecule has 248 valence electrons. The van der Waals surface area contributed by atoms with Crippen molar-refractivity contribution in [3.05, 3.63) is 28.8 Å². The van der Waals surface area contributed by atoms with Gasteiger partial charge in [-0.1, -0.05) is 0 Å². The summed E-state index contributed by atoms with van der Waals surface area (Å²) in [6, 6.07) is -1.02. The molecule has 3 aliphatic rings. The lowest BCUT2D eigenvalue weighted by atomic mass is 10.1. The second-order valence-corrected chi connectivity index (χ2v) is 13.8. The topological polar surface area (TPSA) is 300 Å². The number of alkyl halides is 1. The van der Waals surface area contributed by atoms with E-state index in [1.807, 2.05) is 0 Å². The number of aryl methyl sites for hydroxylation is 1. The van der Waals surface area contributed by atoms with Crippen molar-refractivity contribution in [1.82, 2.24) is 39.0 Å². The fraction of sp³-hybridized carbons (Fsp3) is 0.545. The van der Waals surface area contributed by atoms with Crippen LogP contribution in [0.15, 0.2) is 17.4 Å². The number of phosphoric ester groups is 2. The monoisotopic (exact) mass is 688 g/mol. The maximum Gasteiger partial charge on any atom is 0.472 e. The molecule has 4 aromatic rings. The lowest BCUT2D eigenvalue weighted by molar-refractivity contribution is -0.0509. The second-order valence-electron chi connectivity index (χ2n) is 11.0. The highest BCUT2D eigenvalue weighted by atomic mass is 31.2. The highest BCUT2D eigenvalue weighted by molar-refractivity contribution is 7.47. The Hall–Kier alpha value is -3.43. The number of aliphatic hydroxyl groups is 1. The Labute approximate surface area is 255 Å². The predicted molar refractivity (Wildman–Crippen MR) is 150 cm³/mol. The number of fused-ring (bicyclic) bond motifs is 5. The molecule has 8 N–H and O–H groups in total. The molecule has 0 aromatic carbocycles. The van der Waals surface area contributed by atoms with Gasteiger partial charge >= 0.3 is 15.6 Å². The van der Waals surface area contributed by atoms with E-state index in [0.717, 1.165) is 0 Å². The zero-order valence-electron chi connectivity index (χ0n) is 23.6. The normalized spacial score (nSPS) is 37.2. The number of hydrogen-bond donors (Lipinski definition) is 6. The van der Waals surface area contributed by atoms with Crippen LogP contribution in [-0.4, -0.2) is 97.7 Å². The lowest BCUT2D eigenvalue weighted by Gasteiger charge is -2.26. The quantitative estimate of drug-likeness (QED) is 0.146. The van der Waals surface area contributed by atoms with Gasteiger partial charge in [0, 0.05) is 5.92 Å². The minimum Gasteiger partial charge on any atom is -0.390 e. The number of aromatic nitrogens is 8. The van der Waals surface area contributed by atoms with Crippen molar-refractivity contribution in [1.29, 1.82) is 0 Å². The van der Waals surface area contributed by atoms with E-state index < -0.39 is 83.2 Å². The van der Waals surface area contributed by atoms with Crippen LogP contribution >= 0.6 is 15.6 Å². The Kier molecular flexibility index (Phi) is 7.51. The molecule has 6 heterocycles. The summed E-state index contributed by atoms with van der Waals surface area (Å²) in [5, 5.41) is 11.1. The summed E-state index contributed by atoms with van der Waals surface area (Å²) < 4.78 is 71.6. The van der Waals surface area contributed by atoms with Gasteiger partial charge < -0.3 is 35.7 Å². The van der Waals surface area contributed by atoms with E-state index in [0.29, 0.717) is 0 Å². The zero-order valence-corrected chi connectivity index (χ0v) is 25.3. The summed E-state index contributed by atoms with van der Waals surface area (Å²) in [4.78, 5) is 56.4. The molecule has 2 saturated heterocycles. The number of H-pyrrole nitrogens is 1. The number of phosphoric acid groups is 2. The summed E-state index contributed by atoms with van der Waals surface area (Å²) in [5.74, 6) is -0.976. The summed E-state index contributed by atoms with van der Waals surface area (Å²) >= 11 is 0. The zero-order chi connectivity index (χ0) is 32.7. The summed E-state index contributed by atoms with van der Waals surface area (Å²) in [6.45, 7) is 0.0390. The maximum absolute atomic E-state index is 16.0. The number of nitrogens with two attached hydrogens (primary N) is 2. The van der Waals surface area contributed by atoms with Gasteiger partial charge in [0.2, 0.25) is 5.95 Å². The van der Waals surface area contributed by atoms with Gasteiger partial charge in [-0.25, -0.2) is 33.5 Å². The first-order chi connectivity index (χ1) is 21.7. The predicted octanol–water partition coefficient (Wildman–Crippen LogP) is -0.392. The molecular formula is C22H27FN10O11P2. The third kappa shape index (κ3) is 5.39. The SMILES string of the molecule is Cc1nc(N)c2ncn([C@@H]3O[C@@H]4COP(=O)(O)O[C@H]5C(O)[C@@H](COP(=O)(O)OC4[C@@H]3F)C[C@H]5n3cnc4c(=O)[nH]c(N)nc43)c2n1. The molecule has 1 aliphatic carbocycles. The van der Waals surface area contributed by atoms with E-state index >= 15 is 4.39 Å². The van der Waals surface area contributed by atoms with Gasteiger partial charge in [-0.15, -0.1) is 0 Å². The van der Waals surface area contributed by atoms with Crippen molar-refractivity contribution in [2.24, 2.45) is 5.92 Å². The van der Waals surface area contributed by atoms with Gasteiger partial charge in [0.1, 0.15) is 29.7 Å². The van der Waals surface area contributed by atoms with E-state index in [1.165, 1.54) is 21.8 Å². The fourth-order valence-corrected chi connectivity index (χ4v) is 7.95. The third-order valence-corrected chi connectivity index (χ3v) is 9.99. The van der Waals surface area contributed by atoms with Crippen LogP contribution in [0.25, 0.3) is 22.3 Å². The van der Waals surface area contributed by atoms with Crippen LogP contribution in [-0.2, 0) is 32.0 Å². The molecule has 3 fully saturated rings. The Morgan fingerprint density at radius 2 is 1.63 bits per heavy atom. The van der Waals surface area contributed by atoms with E-state index in [-0.39, 0.29) is 46.3 Å². The highest BCUT2D eigenvalue weighted by Gasteiger charge is 2.54. The van der Waals surface area contributed by atoms with E-state index in [9.17, 15) is 28.8 Å². The number of rotatable bonds is 2. The molecule has 0 amide bonds. The number of imidazole rings is 2. The number of aromatic amines is 1. The standard InChI is InChI=1S/C22H27FN10O11P2/c1-7-28-17(24)12-18(29-7)33(6-26-12)21-11(23)16-10(42-21)4-41-46(38,39)43-15-9(2-8(14(15)34)3-40-45(36,37)44-16)32-5-27-13-19(32)30-22(25)31-20(13)35/h5-6,8-11,14-16,21,34H,2-4H2,1H3,(H,36,37)(H,38,39)(H2,24,28,29)(H3,25,30,31,35)/t8-,9-,10-,11+,14?,15-,16?,21-/m1/s1. The van der Waals surface area contributed by atoms with Crippen molar-refractivity contribution < 1.29 is 51.2 Å². The molecule has 4 unspecified atom stereocenters. The number of anilines is 2. The Morgan fingerprint density at radius 1 is 0.978 bits per heavy atom. The summed E-state index contributed by atoms with van der Waals surface area (Å²) in [6.07, 6.45) is -7.98. The number of aliphatic hydroxyl groups excluding tert-OH is 1. The molecule has 2 bridgehead atoms. The van der Waals surface area contributed by atoms with Crippen LogP contribution in [0.1, 0.15) is 24.5 Å². The second kappa shape index (κ2) is 11.1. The molecule has 1 saturated carbocycles. The molecule has 24 heteroatoms. The highest BCUT2D eigenvalue weighted by Crippen LogP contribution is 2.55.